The van der Waals surface area contributed by atoms with Crippen LogP contribution in [0.4, 0.5) is 5.69 Å². The maximum atomic E-state index is 10.6. The Bertz CT molecular complexity index is 333. The van der Waals surface area contributed by atoms with Gasteiger partial charge in [-0.1, -0.05) is 0 Å². The summed E-state index contributed by atoms with van der Waals surface area (Å²) < 4.78 is 0. The van der Waals surface area contributed by atoms with E-state index >= 15 is 0 Å². The van der Waals surface area contributed by atoms with Crippen molar-refractivity contribution < 1.29 is 9.90 Å². The van der Waals surface area contributed by atoms with Crippen LogP contribution in [0, 0.1) is 0 Å². The molecule has 0 saturated heterocycles. The van der Waals surface area contributed by atoms with Gasteiger partial charge in [-0.2, -0.15) is 0 Å². The summed E-state index contributed by atoms with van der Waals surface area (Å²) in [5, 5.41) is 12.0. The molecule has 1 fully saturated rings. The molecular weight excluding hydrogens is 180 g/mol. The SMILES string of the molecule is O=C(O)CC1(Nc2ccncc2)CC1. The van der Waals surface area contributed by atoms with Crippen molar-refractivity contribution in [3.8, 4) is 0 Å². The average molecular weight is 192 g/mol. The van der Waals surface area contributed by atoms with Gasteiger partial charge in [0.05, 0.1) is 6.42 Å². The molecule has 0 aromatic carbocycles. The third-order valence-electron chi connectivity index (χ3n) is 2.43. The summed E-state index contributed by atoms with van der Waals surface area (Å²) >= 11 is 0. The van der Waals surface area contributed by atoms with Gasteiger partial charge < -0.3 is 10.4 Å². The van der Waals surface area contributed by atoms with E-state index in [-0.39, 0.29) is 12.0 Å². The van der Waals surface area contributed by atoms with Gasteiger partial charge in [0, 0.05) is 23.6 Å². The van der Waals surface area contributed by atoms with Gasteiger partial charge in [0.2, 0.25) is 0 Å². The number of pyridine rings is 1. The highest BCUT2D eigenvalue weighted by molar-refractivity contribution is 5.70. The quantitative estimate of drug-likeness (QED) is 0.758. The zero-order valence-electron chi connectivity index (χ0n) is 7.73. The van der Waals surface area contributed by atoms with E-state index in [0.29, 0.717) is 0 Å². The molecule has 0 bridgehead atoms. The van der Waals surface area contributed by atoms with E-state index in [9.17, 15) is 4.79 Å². The topological polar surface area (TPSA) is 62.2 Å². The van der Waals surface area contributed by atoms with Crippen molar-refractivity contribution in [2.24, 2.45) is 0 Å². The Morgan fingerprint density at radius 3 is 2.64 bits per heavy atom. The van der Waals surface area contributed by atoms with Crippen LogP contribution in [-0.2, 0) is 4.79 Å². The van der Waals surface area contributed by atoms with Gasteiger partial charge in [-0.05, 0) is 25.0 Å². The van der Waals surface area contributed by atoms with Crippen LogP contribution in [-0.4, -0.2) is 21.6 Å². The van der Waals surface area contributed by atoms with Crippen LogP contribution in [0.1, 0.15) is 19.3 Å². The van der Waals surface area contributed by atoms with E-state index in [4.69, 9.17) is 5.11 Å². The molecule has 2 N–H and O–H groups in total. The van der Waals surface area contributed by atoms with Gasteiger partial charge in [0.1, 0.15) is 0 Å². The number of carboxylic acid groups (broad SMARTS) is 1. The van der Waals surface area contributed by atoms with Crippen molar-refractivity contribution in [3.05, 3.63) is 24.5 Å². The van der Waals surface area contributed by atoms with Crippen molar-refractivity contribution in [3.63, 3.8) is 0 Å². The summed E-state index contributed by atoms with van der Waals surface area (Å²) in [6.07, 6.45) is 5.44. The predicted molar refractivity (Wildman–Crippen MR) is 52.1 cm³/mol. The lowest BCUT2D eigenvalue weighted by Crippen LogP contribution is -2.24. The first-order valence-corrected chi connectivity index (χ1v) is 4.60. The Kier molecular flexibility index (Phi) is 2.11. The molecule has 1 aromatic rings. The Hall–Kier alpha value is -1.58. The summed E-state index contributed by atoms with van der Waals surface area (Å²) in [6.45, 7) is 0. The van der Waals surface area contributed by atoms with Gasteiger partial charge >= 0.3 is 5.97 Å². The predicted octanol–water partition coefficient (Wildman–Crippen LogP) is 1.50. The molecule has 14 heavy (non-hydrogen) atoms. The number of rotatable bonds is 4. The standard InChI is InChI=1S/C10H12N2O2/c13-9(14)7-10(3-4-10)12-8-1-5-11-6-2-8/h1-2,5-6H,3-4,7H2,(H,11,12)(H,13,14). The summed E-state index contributed by atoms with van der Waals surface area (Å²) in [7, 11) is 0. The molecule has 0 amide bonds. The van der Waals surface area contributed by atoms with Crippen molar-refractivity contribution in [1.82, 2.24) is 4.98 Å². The Morgan fingerprint density at radius 2 is 2.14 bits per heavy atom. The molecule has 0 spiro atoms. The Morgan fingerprint density at radius 1 is 1.50 bits per heavy atom. The fourth-order valence-electron chi connectivity index (χ4n) is 1.53. The van der Waals surface area contributed by atoms with Crippen LogP contribution in [0.5, 0.6) is 0 Å². The zero-order valence-corrected chi connectivity index (χ0v) is 7.73. The second kappa shape index (κ2) is 3.29. The normalized spacial score (nSPS) is 17.4. The third-order valence-corrected chi connectivity index (χ3v) is 2.43. The highest BCUT2D eigenvalue weighted by Crippen LogP contribution is 2.41. The number of carboxylic acids is 1. The van der Waals surface area contributed by atoms with E-state index in [0.717, 1.165) is 18.5 Å². The number of aliphatic carboxylic acids is 1. The van der Waals surface area contributed by atoms with Crippen LogP contribution in [0.2, 0.25) is 0 Å². The van der Waals surface area contributed by atoms with E-state index in [1.165, 1.54) is 0 Å². The molecule has 1 aliphatic carbocycles. The second-order valence-corrected chi connectivity index (χ2v) is 3.71. The first-order valence-electron chi connectivity index (χ1n) is 4.60. The Labute approximate surface area is 82.0 Å². The van der Waals surface area contributed by atoms with Crippen molar-refractivity contribution in [1.29, 1.82) is 0 Å². The summed E-state index contributed by atoms with van der Waals surface area (Å²) in [6, 6.07) is 3.70. The van der Waals surface area contributed by atoms with Gasteiger partial charge in [-0.25, -0.2) is 0 Å². The minimum Gasteiger partial charge on any atom is -0.481 e. The fraction of sp³-hybridized carbons (Fsp3) is 0.400. The minimum atomic E-state index is -0.746. The molecule has 1 heterocycles. The molecule has 1 aliphatic rings. The highest BCUT2D eigenvalue weighted by atomic mass is 16.4. The molecule has 1 aromatic heterocycles. The smallest absolute Gasteiger partial charge is 0.305 e. The molecule has 0 aliphatic heterocycles. The zero-order chi connectivity index (χ0) is 10.0. The molecule has 0 atom stereocenters. The van der Waals surface area contributed by atoms with Crippen LogP contribution in [0.3, 0.4) is 0 Å². The fourth-order valence-corrected chi connectivity index (χ4v) is 1.53. The highest BCUT2D eigenvalue weighted by Gasteiger charge is 2.44. The van der Waals surface area contributed by atoms with Crippen LogP contribution in [0.25, 0.3) is 0 Å². The number of hydrogen-bond acceptors (Lipinski definition) is 3. The molecule has 0 unspecified atom stereocenters. The lowest BCUT2D eigenvalue weighted by molar-refractivity contribution is -0.137. The largest absolute Gasteiger partial charge is 0.481 e. The maximum absolute atomic E-state index is 10.6. The van der Waals surface area contributed by atoms with E-state index in [1.807, 2.05) is 12.1 Å². The van der Waals surface area contributed by atoms with E-state index in [2.05, 4.69) is 10.3 Å². The average Bonchev–Trinajstić information content (AvgIpc) is 2.85. The van der Waals surface area contributed by atoms with Gasteiger partial charge in [-0.3, -0.25) is 9.78 Å². The molecule has 4 heteroatoms. The molecule has 74 valence electrons. The van der Waals surface area contributed by atoms with Gasteiger partial charge in [0.25, 0.3) is 0 Å². The van der Waals surface area contributed by atoms with Crippen molar-refractivity contribution in [2.75, 3.05) is 5.32 Å². The van der Waals surface area contributed by atoms with Crippen LogP contribution < -0.4 is 5.32 Å². The number of aromatic nitrogens is 1. The minimum absolute atomic E-state index is 0.190. The van der Waals surface area contributed by atoms with Crippen LogP contribution >= 0.6 is 0 Å². The van der Waals surface area contributed by atoms with Gasteiger partial charge in [0.15, 0.2) is 0 Å². The monoisotopic (exact) mass is 192 g/mol. The lowest BCUT2D eigenvalue weighted by atomic mass is 10.1. The van der Waals surface area contributed by atoms with E-state index < -0.39 is 5.97 Å². The number of nitrogens with zero attached hydrogens (tertiary/aromatic N) is 1. The Balaban J connectivity index is 2.01. The molecule has 2 rings (SSSR count). The number of carbonyl (C=O) groups is 1. The van der Waals surface area contributed by atoms with E-state index in [1.54, 1.807) is 12.4 Å². The number of anilines is 1. The molecule has 1 saturated carbocycles. The summed E-state index contributed by atoms with van der Waals surface area (Å²) in [5.41, 5.74) is 0.742. The maximum Gasteiger partial charge on any atom is 0.305 e. The number of nitrogens with one attached hydrogen (secondary N) is 1. The second-order valence-electron chi connectivity index (χ2n) is 3.71. The molecular formula is C10H12N2O2. The summed E-state index contributed by atoms with van der Waals surface area (Å²) in [5.74, 6) is -0.746. The van der Waals surface area contributed by atoms with Crippen molar-refractivity contribution >= 4 is 11.7 Å². The third kappa shape index (κ3) is 2.02. The number of hydrogen-bond donors (Lipinski definition) is 2. The molecule has 0 radical (unpaired) electrons. The first kappa shape index (κ1) is 8.99. The van der Waals surface area contributed by atoms with Gasteiger partial charge in [-0.15, -0.1) is 0 Å². The van der Waals surface area contributed by atoms with Crippen molar-refractivity contribution in [2.45, 2.75) is 24.8 Å². The summed E-state index contributed by atoms with van der Waals surface area (Å²) in [4.78, 5) is 14.5. The first-order chi connectivity index (χ1) is 6.70. The lowest BCUT2D eigenvalue weighted by Gasteiger charge is -2.15. The van der Waals surface area contributed by atoms with Crippen LogP contribution in [0.15, 0.2) is 24.5 Å². The molecule has 4 nitrogen and oxygen atoms in total.